The zero-order valence-electron chi connectivity index (χ0n) is 11.7. The standard InChI is InChI=1S/C13H14FNO6S/c1-21-10-4-2-3-9(12(10)13(17)18)15-6-8(5-11(15)16)7-22(14,19)20/h2-4,8H,5-7H2,1H3,(H,17,18). The normalized spacial score (nSPS) is 18.5. The summed E-state index contributed by atoms with van der Waals surface area (Å²) in [6, 6.07) is 4.39. The van der Waals surface area contributed by atoms with Crippen LogP contribution in [-0.4, -0.2) is 44.8 Å². The van der Waals surface area contributed by atoms with Crippen LogP contribution in [0.2, 0.25) is 0 Å². The molecular weight excluding hydrogens is 317 g/mol. The Morgan fingerprint density at radius 1 is 1.50 bits per heavy atom. The molecule has 0 radical (unpaired) electrons. The molecular formula is C13H14FNO6S. The van der Waals surface area contributed by atoms with Crippen LogP contribution in [0.1, 0.15) is 16.8 Å². The lowest BCUT2D eigenvalue weighted by Gasteiger charge is -2.20. The van der Waals surface area contributed by atoms with Crippen molar-refractivity contribution in [1.82, 2.24) is 0 Å². The van der Waals surface area contributed by atoms with E-state index in [0.717, 1.165) is 4.90 Å². The number of anilines is 1. The van der Waals surface area contributed by atoms with Gasteiger partial charge >= 0.3 is 16.2 Å². The smallest absolute Gasteiger partial charge is 0.341 e. The Balaban J connectivity index is 2.37. The molecule has 120 valence electrons. The summed E-state index contributed by atoms with van der Waals surface area (Å²) in [5.41, 5.74) is -0.0855. The predicted octanol–water partition coefficient (Wildman–Crippen LogP) is 1.05. The van der Waals surface area contributed by atoms with Gasteiger partial charge in [-0.2, -0.15) is 8.42 Å². The molecule has 1 amide bonds. The SMILES string of the molecule is COc1cccc(N2CC(CS(=O)(=O)F)CC2=O)c1C(=O)O. The molecule has 1 unspecified atom stereocenters. The molecule has 7 nitrogen and oxygen atoms in total. The molecule has 0 bridgehead atoms. The average molecular weight is 331 g/mol. The van der Waals surface area contributed by atoms with Crippen molar-refractivity contribution in [2.75, 3.05) is 24.3 Å². The van der Waals surface area contributed by atoms with Gasteiger partial charge in [-0.1, -0.05) is 6.07 Å². The maximum atomic E-state index is 12.8. The van der Waals surface area contributed by atoms with Gasteiger partial charge in [-0.15, -0.1) is 3.89 Å². The van der Waals surface area contributed by atoms with E-state index in [4.69, 9.17) is 4.74 Å². The number of rotatable bonds is 5. The summed E-state index contributed by atoms with van der Waals surface area (Å²) >= 11 is 0. The van der Waals surface area contributed by atoms with Crippen LogP contribution in [0.25, 0.3) is 0 Å². The van der Waals surface area contributed by atoms with Crippen molar-refractivity contribution in [1.29, 1.82) is 0 Å². The number of carboxylic acid groups (broad SMARTS) is 1. The number of hydrogen-bond donors (Lipinski definition) is 1. The molecule has 22 heavy (non-hydrogen) atoms. The van der Waals surface area contributed by atoms with Crippen LogP contribution in [0.3, 0.4) is 0 Å². The molecule has 0 aliphatic carbocycles. The van der Waals surface area contributed by atoms with Crippen LogP contribution in [0.5, 0.6) is 5.75 Å². The highest BCUT2D eigenvalue weighted by atomic mass is 32.3. The Labute approximate surface area is 126 Å². The Morgan fingerprint density at radius 3 is 2.73 bits per heavy atom. The predicted molar refractivity (Wildman–Crippen MR) is 75.3 cm³/mol. The zero-order valence-corrected chi connectivity index (χ0v) is 12.5. The van der Waals surface area contributed by atoms with Crippen molar-refractivity contribution in [2.45, 2.75) is 6.42 Å². The Bertz CT molecular complexity index is 717. The van der Waals surface area contributed by atoms with Crippen molar-refractivity contribution in [3.8, 4) is 5.75 Å². The van der Waals surface area contributed by atoms with Gasteiger partial charge in [0.05, 0.1) is 18.6 Å². The lowest BCUT2D eigenvalue weighted by molar-refractivity contribution is -0.117. The Morgan fingerprint density at radius 2 is 2.18 bits per heavy atom. The second-order valence-electron chi connectivity index (χ2n) is 4.94. The van der Waals surface area contributed by atoms with Crippen LogP contribution >= 0.6 is 0 Å². The number of nitrogens with zero attached hydrogens (tertiary/aromatic N) is 1. The summed E-state index contributed by atoms with van der Waals surface area (Å²) < 4.78 is 39.1. The first-order valence-corrected chi connectivity index (χ1v) is 7.91. The minimum absolute atomic E-state index is 0.0601. The lowest BCUT2D eigenvalue weighted by Crippen LogP contribution is -2.27. The summed E-state index contributed by atoms with van der Waals surface area (Å²) in [6.45, 7) is -0.0601. The van der Waals surface area contributed by atoms with Gasteiger partial charge in [0.25, 0.3) is 0 Å². The van der Waals surface area contributed by atoms with Crippen molar-refractivity contribution in [3.63, 3.8) is 0 Å². The molecule has 1 heterocycles. The molecule has 0 spiro atoms. The fourth-order valence-electron chi connectivity index (χ4n) is 2.54. The number of benzene rings is 1. The quantitative estimate of drug-likeness (QED) is 0.809. The van der Waals surface area contributed by atoms with E-state index in [9.17, 15) is 27.0 Å². The molecule has 1 atom stereocenters. The van der Waals surface area contributed by atoms with E-state index in [1.165, 1.54) is 25.3 Å². The topological polar surface area (TPSA) is 101 Å². The second kappa shape index (κ2) is 5.91. The zero-order chi connectivity index (χ0) is 16.5. The highest BCUT2D eigenvalue weighted by Gasteiger charge is 2.36. The molecule has 1 aliphatic rings. The maximum absolute atomic E-state index is 12.8. The minimum atomic E-state index is -4.70. The summed E-state index contributed by atoms with van der Waals surface area (Å²) in [7, 11) is -3.39. The number of hydrogen-bond acceptors (Lipinski definition) is 5. The first kappa shape index (κ1) is 16.2. The third kappa shape index (κ3) is 3.35. The number of halogens is 1. The first-order chi connectivity index (χ1) is 10.2. The highest BCUT2D eigenvalue weighted by Crippen LogP contribution is 2.33. The van der Waals surface area contributed by atoms with Crippen molar-refractivity contribution in [3.05, 3.63) is 23.8 Å². The molecule has 1 N–H and O–H groups in total. The summed E-state index contributed by atoms with van der Waals surface area (Å²) in [6.07, 6.45) is -0.153. The van der Waals surface area contributed by atoms with Gasteiger partial charge in [0.2, 0.25) is 5.91 Å². The van der Waals surface area contributed by atoms with Crippen LogP contribution in [0.4, 0.5) is 9.57 Å². The van der Waals surface area contributed by atoms with Crippen LogP contribution in [0, 0.1) is 5.92 Å². The van der Waals surface area contributed by atoms with E-state index in [0.29, 0.717) is 0 Å². The van der Waals surface area contributed by atoms with Gasteiger partial charge in [0.1, 0.15) is 11.3 Å². The summed E-state index contributed by atoms with van der Waals surface area (Å²) in [5.74, 6) is -3.12. The molecule has 2 rings (SSSR count). The summed E-state index contributed by atoms with van der Waals surface area (Å²) in [4.78, 5) is 24.6. The van der Waals surface area contributed by atoms with Crippen molar-refractivity contribution >= 4 is 27.8 Å². The van der Waals surface area contributed by atoms with E-state index in [1.807, 2.05) is 0 Å². The third-order valence-corrected chi connectivity index (χ3v) is 4.24. The van der Waals surface area contributed by atoms with Gasteiger partial charge in [-0.25, -0.2) is 4.79 Å². The van der Waals surface area contributed by atoms with Gasteiger partial charge in [0, 0.05) is 18.9 Å². The van der Waals surface area contributed by atoms with Crippen LogP contribution < -0.4 is 9.64 Å². The van der Waals surface area contributed by atoms with Crippen molar-refractivity contribution in [2.24, 2.45) is 5.92 Å². The lowest BCUT2D eigenvalue weighted by atomic mass is 10.1. The second-order valence-corrected chi connectivity index (χ2v) is 6.35. The molecule has 1 aromatic carbocycles. The van der Waals surface area contributed by atoms with Gasteiger partial charge in [0.15, 0.2) is 0 Å². The highest BCUT2D eigenvalue weighted by molar-refractivity contribution is 7.86. The molecule has 1 aliphatic heterocycles. The third-order valence-electron chi connectivity index (χ3n) is 3.37. The van der Waals surface area contributed by atoms with Gasteiger partial charge in [-0.05, 0) is 12.1 Å². The minimum Gasteiger partial charge on any atom is -0.496 e. The molecule has 9 heteroatoms. The van der Waals surface area contributed by atoms with E-state index < -0.39 is 33.8 Å². The number of methoxy groups -OCH3 is 1. The number of carboxylic acids is 1. The molecule has 1 saturated heterocycles. The largest absolute Gasteiger partial charge is 0.496 e. The fourth-order valence-corrected chi connectivity index (χ4v) is 3.32. The molecule has 0 saturated carbocycles. The van der Waals surface area contributed by atoms with E-state index >= 15 is 0 Å². The monoisotopic (exact) mass is 331 g/mol. The van der Waals surface area contributed by atoms with Gasteiger partial charge in [-0.3, -0.25) is 4.79 Å². The van der Waals surface area contributed by atoms with Crippen LogP contribution in [-0.2, 0) is 15.0 Å². The number of carbonyl (C=O) groups excluding carboxylic acids is 1. The average Bonchev–Trinajstić information content (AvgIpc) is 2.75. The Hall–Kier alpha value is -2.16. The molecule has 0 aromatic heterocycles. The molecule has 1 aromatic rings. The van der Waals surface area contributed by atoms with Crippen molar-refractivity contribution < 1.29 is 31.7 Å². The van der Waals surface area contributed by atoms with Gasteiger partial charge < -0.3 is 14.7 Å². The number of amides is 1. The Kier molecular flexibility index (Phi) is 4.36. The summed E-state index contributed by atoms with van der Waals surface area (Å²) in [5, 5.41) is 9.30. The van der Waals surface area contributed by atoms with Crippen LogP contribution in [0.15, 0.2) is 18.2 Å². The fraction of sp³-hybridized carbons (Fsp3) is 0.385. The van der Waals surface area contributed by atoms with E-state index in [-0.39, 0.29) is 30.0 Å². The first-order valence-electron chi connectivity index (χ1n) is 6.36. The molecule has 1 fully saturated rings. The number of ether oxygens (including phenoxy) is 1. The number of aromatic carboxylic acids is 1. The maximum Gasteiger partial charge on any atom is 0.341 e. The number of carbonyl (C=O) groups is 2. The van der Waals surface area contributed by atoms with E-state index in [1.54, 1.807) is 0 Å². The van der Waals surface area contributed by atoms with E-state index in [2.05, 4.69) is 0 Å².